The lowest BCUT2D eigenvalue weighted by Crippen LogP contribution is -2.00. The lowest BCUT2D eigenvalue weighted by molar-refractivity contribution is 0.103. The third-order valence-electron chi connectivity index (χ3n) is 4.53. The largest absolute Gasteiger partial charge is 0.288 e. The molecule has 1 heterocycles. The van der Waals surface area contributed by atoms with Crippen molar-refractivity contribution in [2.24, 2.45) is 0 Å². The minimum Gasteiger partial charge on any atom is -0.288 e. The van der Waals surface area contributed by atoms with Gasteiger partial charge in [0, 0.05) is 30.1 Å². The molecular weight excluding hydrogens is 592 g/mol. The number of benzene rings is 3. The Morgan fingerprint density at radius 2 is 1.03 bits per heavy atom. The molecule has 0 unspecified atom stereocenters. The number of carbonyl (C=O) groups excluding carboxylic acids is 2. The van der Waals surface area contributed by atoms with E-state index in [0.717, 1.165) is 24.5 Å². The lowest BCUT2D eigenvalue weighted by Gasteiger charge is -2.04. The molecule has 3 aromatic carbocycles. The quantitative estimate of drug-likeness (QED) is 0.215. The van der Waals surface area contributed by atoms with E-state index in [9.17, 15) is 9.59 Å². The Balaban J connectivity index is 1.81. The number of hydrogen-bond acceptors (Lipinski definition) is 3. The van der Waals surface area contributed by atoms with Crippen LogP contribution in [0.25, 0.3) is 11.1 Å². The predicted octanol–water partition coefficient (Wildman–Crippen LogP) is 8.16. The molecule has 148 valence electrons. The van der Waals surface area contributed by atoms with Crippen LogP contribution in [0.5, 0.6) is 0 Å². The topological polar surface area (TPSA) is 34.1 Å². The zero-order valence-corrected chi connectivity index (χ0v) is 20.9. The van der Waals surface area contributed by atoms with Gasteiger partial charge in [-0.3, -0.25) is 9.59 Å². The number of hydrogen-bond donors (Lipinski definition) is 0. The fraction of sp³-hybridized carbons (Fsp3) is 0. The number of halogens is 3. The summed E-state index contributed by atoms with van der Waals surface area (Å²) in [6.45, 7) is 0. The maximum absolute atomic E-state index is 13.3. The Labute approximate surface area is 203 Å². The average molecular weight is 605 g/mol. The van der Waals surface area contributed by atoms with Crippen molar-refractivity contribution in [3.05, 3.63) is 113 Å². The summed E-state index contributed by atoms with van der Waals surface area (Å²) in [4.78, 5) is 27.5. The van der Waals surface area contributed by atoms with Crippen molar-refractivity contribution in [2.45, 2.75) is 0 Å². The molecule has 0 N–H and O–H groups in total. The van der Waals surface area contributed by atoms with Gasteiger partial charge in [-0.1, -0.05) is 59.9 Å². The molecule has 0 atom stereocenters. The zero-order valence-electron chi connectivity index (χ0n) is 15.4. The van der Waals surface area contributed by atoms with Gasteiger partial charge in [-0.15, -0.1) is 11.3 Å². The third-order valence-corrected chi connectivity index (χ3v) is 7.25. The number of rotatable bonds is 5. The van der Waals surface area contributed by atoms with E-state index in [1.165, 1.54) is 11.3 Å². The summed E-state index contributed by atoms with van der Waals surface area (Å²) < 4.78 is 2.77. The molecule has 2 nitrogen and oxygen atoms in total. The van der Waals surface area contributed by atoms with Crippen molar-refractivity contribution >= 4 is 70.7 Å². The molecule has 0 amide bonds. The molecule has 0 spiro atoms. The van der Waals surface area contributed by atoms with Gasteiger partial charge in [-0.05, 0) is 72.3 Å². The van der Waals surface area contributed by atoms with Crippen LogP contribution in [-0.2, 0) is 0 Å². The van der Waals surface area contributed by atoms with Gasteiger partial charge in [0.2, 0.25) is 11.6 Å². The van der Waals surface area contributed by atoms with Gasteiger partial charge in [-0.2, -0.15) is 0 Å². The minimum atomic E-state index is -0.0970. The molecule has 0 saturated heterocycles. The second-order valence-electron chi connectivity index (χ2n) is 6.53. The van der Waals surface area contributed by atoms with Crippen molar-refractivity contribution in [1.29, 1.82) is 0 Å². The first kappa shape index (κ1) is 21.4. The summed E-state index contributed by atoms with van der Waals surface area (Å²) in [6, 6.07) is 24.1. The summed E-state index contributed by atoms with van der Waals surface area (Å²) in [5.74, 6) is -0.194. The van der Waals surface area contributed by atoms with Gasteiger partial charge in [0.15, 0.2) is 0 Å². The van der Waals surface area contributed by atoms with E-state index in [1.807, 2.05) is 54.6 Å². The monoisotopic (exact) mass is 602 g/mol. The van der Waals surface area contributed by atoms with Gasteiger partial charge >= 0.3 is 0 Å². The maximum atomic E-state index is 13.3. The molecule has 0 aliphatic rings. The van der Waals surface area contributed by atoms with Gasteiger partial charge in [-0.25, -0.2) is 0 Å². The molecule has 1 aromatic heterocycles. The first-order valence-electron chi connectivity index (χ1n) is 8.92. The van der Waals surface area contributed by atoms with Gasteiger partial charge in [0.1, 0.15) is 0 Å². The van der Waals surface area contributed by atoms with Crippen LogP contribution in [0, 0.1) is 0 Å². The highest BCUT2D eigenvalue weighted by atomic mass is 79.9. The number of carbonyl (C=O) groups is 2. The number of thiophene rings is 1. The van der Waals surface area contributed by atoms with E-state index in [-0.39, 0.29) is 11.6 Å². The van der Waals surface area contributed by atoms with E-state index in [1.54, 1.807) is 24.3 Å². The Hall–Kier alpha value is -1.86. The molecule has 0 aliphatic carbocycles. The highest BCUT2D eigenvalue weighted by Crippen LogP contribution is 2.35. The molecule has 0 radical (unpaired) electrons. The third kappa shape index (κ3) is 4.57. The SMILES string of the molecule is O=C(c1ccc(Br)cc1)c1cc(-c2ccc(Br)cc2)c(C(=O)c2ccc(Br)cc2)s1. The van der Waals surface area contributed by atoms with E-state index in [0.29, 0.717) is 20.9 Å². The molecule has 0 bridgehead atoms. The van der Waals surface area contributed by atoms with Gasteiger partial charge in [0.05, 0.1) is 9.75 Å². The van der Waals surface area contributed by atoms with E-state index >= 15 is 0 Å². The van der Waals surface area contributed by atoms with Crippen LogP contribution in [0.4, 0.5) is 0 Å². The van der Waals surface area contributed by atoms with Crippen molar-refractivity contribution in [3.8, 4) is 11.1 Å². The fourth-order valence-corrected chi connectivity index (χ4v) is 4.89. The first-order valence-corrected chi connectivity index (χ1v) is 12.1. The standard InChI is InChI=1S/C24H13Br3O2S/c25-17-7-1-14(2-8-17)20-13-21(22(28)15-3-9-18(26)10-4-15)30-24(20)23(29)16-5-11-19(27)12-6-16/h1-13H. The van der Waals surface area contributed by atoms with Crippen molar-refractivity contribution in [3.63, 3.8) is 0 Å². The summed E-state index contributed by atoms with van der Waals surface area (Å²) in [7, 11) is 0. The lowest BCUT2D eigenvalue weighted by atomic mass is 10.0. The van der Waals surface area contributed by atoms with Crippen LogP contribution >= 0.6 is 59.1 Å². The van der Waals surface area contributed by atoms with Crippen LogP contribution < -0.4 is 0 Å². The molecule has 4 aromatic rings. The highest BCUT2D eigenvalue weighted by Gasteiger charge is 2.22. The van der Waals surface area contributed by atoms with Crippen LogP contribution in [0.2, 0.25) is 0 Å². The van der Waals surface area contributed by atoms with Crippen LogP contribution in [-0.4, -0.2) is 11.6 Å². The first-order chi connectivity index (χ1) is 14.4. The molecular formula is C24H13Br3O2S. The zero-order chi connectivity index (χ0) is 21.3. The van der Waals surface area contributed by atoms with Gasteiger partial charge in [0.25, 0.3) is 0 Å². The molecule has 6 heteroatoms. The second-order valence-corrected chi connectivity index (χ2v) is 10.3. The molecule has 30 heavy (non-hydrogen) atoms. The molecule has 0 fully saturated rings. The second kappa shape index (κ2) is 9.10. The summed E-state index contributed by atoms with van der Waals surface area (Å²) in [5, 5.41) is 0. The molecule has 0 saturated carbocycles. The smallest absolute Gasteiger partial charge is 0.203 e. The molecule has 0 aliphatic heterocycles. The Bertz CT molecular complexity index is 1230. The normalized spacial score (nSPS) is 10.8. The summed E-state index contributed by atoms with van der Waals surface area (Å²) in [6.07, 6.45) is 0. The van der Waals surface area contributed by atoms with E-state index in [4.69, 9.17) is 0 Å². The van der Waals surface area contributed by atoms with Crippen molar-refractivity contribution < 1.29 is 9.59 Å². The van der Waals surface area contributed by atoms with Crippen molar-refractivity contribution in [2.75, 3.05) is 0 Å². The van der Waals surface area contributed by atoms with Crippen molar-refractivity contribution in [1.82, 2.24) is 0 Å². The average Bonchev–Trinajstić information content (AvgIpc) is 3.20. The Kier molecular flexibility index (Phi) is 6.48. The predicted molar refractivity (Wildman–Crippen MR) is 133 cm³/mol. The molecule has 4 rings (SSSR count). The number of ketones is 2. The van der Waals surface area contributed by atoms with E-state index < -0.39 is 0 Å². The fourth-order valence-electron chi connectivity index (χ4n) is 2.99. The van der Waals surface area contributed by atoms with Crippen LogP contribution in [0.3, 0.4) is 0 Å². The Morgan fingerprint density at radius 3 is 1.53 bits per heavy atom. The van der Waals surface area contributed by atoms with Crippen LogP contribution in [0.15, 0.2) is 92.3 Å². The maximum Gasteiger partial charge on any atom is 0.203 e. The summed E-state index contributed by atoms with van der Waals surface area (Å²) in [5.41, 5.74) is 2.83. The summed E-state index contributed by atoms with van der Waals surface area (Å²) >= 11 is 11.5. The highest BCUT2D eigenvalue weighted by molar-refractivity contribution is 9.11. The Morgan fingerprint density at radius 1 is 0.600 bits per heavy atom. The van der Waals surface area contributed by atoms with E-state index in [2.05, 4.69) is 47.8 Å². The van der Waals surface area contributed by atoms with Gasteiger partial charge < -0.3 is 0 Å². The van der Waals surface area contributed by atoms with Crippen LogP contribution in [0.1, 0.15) is 30.5 Å². The minimum absolute atomic E-state index is 0.0966.